The summed E-state index contributed by atoms with van der Waals surface area (Å²) < 4.78 is 5.15. The van der Waals surface area contributed by atoms with Gasteiger partial charge in [-0.05, 0) is 46.5 Å². The van der Waals surface area contributed by atoms with Gasteiger partial charge in [-0.15, -0.1) is 0 Å². The number of rotatable bonds is 2. The molecule has 0 bridgehead atoms. The summed E-state index contributed by atoms with van der Waals surface area (Å²) in [6, 6.07) is 0. The lowest BCUT2D eigenvalue weighted by Gasteiger charge is -2.20. The maximum absolute atomic E-state index is 11.3. The van der Waals surface area contributed by atoms with Crippen molar-refractivity contribution in [2.24, 2.45) is 0 Å². The van der Waals surface area contributed by atoms with Gasteiger partial charge in [0.25, 0.3) is 0 Å². The van der Waals surface area contributed by atoms with E-state index >= 15 is 0 Å². The molecule has 1 rings (SSSR count). The molecular formula is C12H21NO2. The molecule has 0 saturated carbocycles. The van der Waals surface area contributed by atoms with Gasteiger partial charge in [0, 0.05) is 6.54 Å². The maximum Gasteiger partial charge on any atom is 0.407 e. The average Bonchev–Trinajstić information content (AvgIpc) is 2.14. The SMILES string of the molecule is CC(C)(C)OC(=O)NCC1=CCCCC1. The second-order valence-electron chi connectivity index (χ2n) is 4.96. The second-order valence-corrected chi connectivity index (χ2v) is 4.96. The van der Waals surface area contributed by atoms with Gasteiger partial charge in [0.1, 0.15) is 5.60 Å². The minimum Gasteiger partial charge on any atom is -0.444 e. The Hall–Kier alpha value is -0.990. The van der Waals surface area contributed by atoms with Crippen molar-refractivity contribution in [3.05, 3.63) is 11.6 Å². The van der Waals surface area contributed by atoms with Crippen LogP contribution in [0.25, 0.3) is 0 Å². The average molecular weight is 211 g/mol. The zero-order valence-corrected chi connectivity index (χ0v) is 9.93. The molecule has 1 aliphatic carbocycles. The number of allylic oxidation sites excluding steroid dienone is 1. The first kappa shape index (κ1) is 12.1. The number of amides is 1. The van der Waals surface area contributed by atoms with Gasteiger partial charge < -0.3 is 10.1 Å². The number of hydrogen-bond donors (Lipinski definition) is 1. The topological polar surface area (TPSA) is 38.3 Å². The van der Waals surface area contributed by atoms with E-state index in [-0.39, 0.29) is 6.09 Å². The Morgan fingerprint density at radius 2 is 2.20 bits per heavy atom. The van der Waals surface area contributed by atoms with Gasteiger partial charge in [0.2, 0.25) is 0 Å². The molecule has 86 valence electrons. The minimum absolute atomic E-state index is 0.325. The van der Waals surface area contributed by atoms with E-state index in [9.17, 15) is 4.79 Å². The number of hydrogen-bond acceptors (Lipinski definition) is 2. The predicted molar refractivity (Wildman–Crippen MR) is 60.8 cm³/mol. The van der Waals surface area contributed by atoms with E-state index in [1.54, 1.807) is 0 Å². The van der Waals surface area contributed by atoms with Gasteiger partial charge in [0.05, 0.1) is 0 Å². The molecule has 3 nitrogen and oxygen atoms in total. The standard InChI is InChI=1S/C12H21NO2/c1-12(2,3)15-11(14)13-9-10-7-5-4-6-8-10/h7H,4-6,8-9H2,1-3H3,(H,13,14). The summed E-state index contributed by atoms with van der Waals surface area (Å²) in [4.78, 5) is 11.3. The lowest BCUT2D eigenvalue weighted by molar-refractivity contribution is 0.0532. The molecule has 0 fully saturated rings. The summed E-state index contributed by atoms with van der Waals surface area (Å²) in [6.07, 6.45) is 6.66. The van der Waals surface area contributed by atoms with Crippen LogP contribution in [0.2, 0.25) is 0 Å². The molecule has 0 saturated heterocycles. The quantitative estimate of drug-likeness (QED) is 0.713. The van der Waals surface area contributed by atoms with Gasteiger partial charge in [-0.25, -0.2) is 4.79 Å². The lowest BCUT2D eigenvalue weighted by atomic mass is 10.00. The minimum atomic E-state index is -0.412. The van der Waals surface area contributed by atoms with Crippen LogP contribution >= 0.6 is 0 Å². The zero-order valence-electron chi connectivity index (χ0n) is 9.93. The van der Waals surface area contributed by atoms with Gasteiger partial charge in [-0.2, -0.15) is 0 Å². The summed E-state index contributed by atoms with van der Waals surface area (Å²) in [5.74, 6) is 0. The first-order valence-electron chi connectivity index (χ1n) is 5.62. The Morgan fingerprint density at radius 1 is 1.47 bits per heavy atom. The van der Waals surface area contributed by atoms with Crippen molar-refractivity contribution < 1.29 is 9.53 Å². The highest BCUT2D eigenvalue weighted by Gasteiger charge is 2.16. The smallest absolute Gasteiger partial charge is 0.407 e. The Kier molecular flexibility index (Phi) is 4.18. The van der Waals surface area contributed by atoms with E-state index in [1.807, 2.05) is 20.8 Å². The van der Waals surface area contributed by atoms with Crippen LogP contribution in [0.15, 0.2) is 11.6 Å². The van der Waals surface area contributed by atoms with Crippen LogP contribution in [0.1, 0.15) is 46.5 Å². The van der Waals surface area contributed by atoms with Crippen molar-refractivity contribution in [2.75, 3.05) is 6.54 Å². The van der Waals surface area contributed by atoms with Gasteiger partial charge in [-0.3, -0.25) is 0 Å². The van der Waals surface area contributed by atoms with Crippen LogP contribution < -0.4 is 5.32 Å². The molecule has 0 unspecified atom stereocenters. The van der Waals surface area contributed by atoms with Gasteiger partial charge in [-0.1, -0.05) is 11.6 Å². The van der Waals surface area contributed by atoms with E-state index in [0.29, 0.717) is 6.54 Å². The molecular weight excluding hydrogens is 190 g/mol. The van der Waals surface area contributed by atoms with Gasteiger partial charge >= 0.3 is 6.09 Å². The van der Waals surface area contributed by atoms with Crippen LogP contribution in [-0.4, -0.2) is 18.2 Å². The molecule has 0 aromatic rings. The fraction of sp³-hybridized carbons (Fsp3) is 0.750. The van der Waals surface area contributed by atoms with E-state index in [4.69, 9.17) is 4.74 Å². The van der Waals surface area contributed by atoms with Crippen molar-refractivity contribution in [3.63, 3.8) is 0 Å². The molecule has 0 atom stereocenters. The second kappa shape index (κ2) is 5.19. The molecule has 1 aliphatic rings. The number of carbonyl (C=O) groups excluding carboxylic acids is 1. The highest BCUT2D eigenvalue weighted by molar-refractivity contribution is 5.68. The Balaban J connectivity index is 2.24. The molecule has 0 spiro atoms. The third-order valence-corrected chi connectivity index (χ3v) is 2.24. The number of carbonyl (C=O) groups is 1. The normalized spacial score (nSPS) is 16.9. The van der Waals surface area contributed by atoms with Crippen molar-refractivity contribution in [1.29, 1.82) is 0 Å². The van der Waals surface area contributed by atoms with Crippen molar-refractivity contribution in [1.82, 2.24) is 5.32 Å². The van der Waals surface area contributed by atoms with Gasteiger partial charge in [0.15, 0.2) is 0 Å². The van der Waals surface area contributed by atoms with Crippen LogP contribution in [0.5, 0.6) is 0 Å². The number of ether oxygens (including phenoxy) is 1. The summed E-state index contributed by atoms with van der Waals surface area (Å²) >= 11 is 0. The third kappa shape index (κ3) is 5.45. The molecule has 0 radical (unpaired) electrons. The predicted octanol–water partition coefficient (Wildman–Crippen LogP) is 3.01. The fourth-order valence-electron chi connectivity index (χ4n) is 1.57. The maximum atomic E-state index is 11.3. The molecule has 0 aliphatic heterocycles. The van der Waals surface area contributed by atoms with E-state index < -0.39 is 5.60 Å². The highest BCUT2D eigenvalue weighted by Crippen LogP contribution is 2.16. The Labute approximate surface area is 91.9 Å². The third-order valence-electron chi connectivity index (χ3n) is 2.24. The van der Waals surface area contributed by atoms with Crippen LogP contribution in [0.3, 0.4) is 0 Å². The molecule has 3 heteroatoms. The number of alkyl carbamates (subject to hydrolysis) is 1. The Bertz CT molecular complexity index is 251. The summed E-state index contributed by atoms with van der Waals surface area (Å²) in [5, 5.41) is 2.78. The van der Waals surface area contributed by atoms with Crippen molar-refractivity contribution in [3.8, 4) is 0 Å². The van der Waals surface area contributed by atoms with Crippen LogP contribution in [-0.2, 0) is 4.74 Å². The lowest BCUT2D eigenvalue weighted by Crippen LogP contribution is -2.33. The largest absolute Gasteiger partial charge is 0.444 e. The fourth-order valence-corrected chi connectivity index (χ4v) is 1.57. The summed E-state index contributed by atoms with van der Waals surface area (Å²) in [6.45, 7) is 6.24. The molecule has 0 aromatic carbocycles. The zero-order chi connectivity index (χ0) is 11.3. The van der Waals surface area contributed by atoms with Crippen LogP contribution in [0, 0.1) is 0 Å². The monoisotopic (exact) mass is 211 g/mol. The summed E-state index contributed by atoms with van der Waals surface area (Å²) in [7, 11) is 0. The number of nitrogens with one attached hydrogen (secondary N) is 1. The summed E-state index contributed by atoms with van der Waals surface area (Å²) in [5.41, 5.74) is 0.914. The first-order valence-corrected chi connectivity index (χ1v) is 5.62. The van der Waals surface area contributed by atoms with Crippen LogP contribution in [0.4, 0.5) is 4.79 Å². The molecule has 1 amide bonds. The molecule has 0 heterocycles. The van der Waals surface area contributed by atoms with Crippen molar-refractivity contribution >= 4 is 6.09 Å². The molecule has 15 heavy (non-hydrogen) atoms. The molecule has 0 aromatic heterocycles. The van der Waals surface area contributed by atoms with Crippen molar-refractivity contribution in [2.45, 2.75) is 52.1 Å². The first-order chi connectivity index (χ1) is 6.97. The highest BCUT2D eigenvalue weighted by atomic mass is 16.6. The van der Waals surface area contributed by atoms with E-state index in [2.05, 4.69) is 11.4 Å². The van der Waals surface area contributed by atoms with E-state index in [0.717, 1.165) is 12.8 Å². The Morgan fingerprint density at radius 3 is 2.73 bits per heavy atom. The van der Waals surface area contributed by atoms with E-state index in [1.165, 1.54) is 18.4 Å². The molecule has 1 N–H and O–H groups in total.